The highest BCUT2D eigenvalue weighted by Gasteiger charge is 2.50. The smallest absolute Gasteiger partial charge is 0.311 e. The molecule has 0 N–H and O–H groups in total. The summed E-state index contributed by atoms with van der Waals surface area (Å²) in [5, 5.41) is 0.126. The average Bonchev–Trinajstić information content (AvgIpc) is 3.18. The zero-order chi connectivity index (χ0) is 55.8. The molecule has 7 nitrogen and oxygen atoms in total. The number of esters is 1. The fourth-order valence-electron chi connectivity index (χ4n) is 8.75. The van der Waals surface area contributed by atoms with Crippen LogP contribution in [0.25, 0.3) is 0 Å². The third kappa shape index (κ3) is 20.4. The van der Waals surface area contributed by atoms with Crippen LogP contribution in [-0.4, -0.2) is 88.9 Å². The monoisotopic (exact) mass is 1100 g/mol. The van der Waals surface area contributed by atoms with Gasteiger partial charge in [-0.15, -0.1) is 8.93 Å². The van der Waals surface area contributed by atoms with Crippen molar-refractivity contribution in [3.63, 3.8) is 0 Å². The molecule has 0 aromatic carbocycles. The number of hydrogen-bond donors (Lipinski definition) is 0. The van der Waals surface area contributed by atoms with Gasteiger partial charge >= 0.3 is 5.97 Å². The summed E-state index contributed by atoms with van der Waals surface area (Å²) in [7, 11) is -6.13. The molecule has 71 heavy (non-hydrogen) atoms. The summed E-state index contributed by atoms with van der Waals surface area (Å²) in [6, 6.07) is 0. The zero-order valence-corrected chi connectivity index (χ0v) is 57.7. The van der Waals surface area contributed by atoms with Crippen LogP contribution in [0, 0.1) is 41.4 Å². The van der Waals surface area contributed by atoms with Crippen molar-refractivity contribution in [1.29, 1.82) is 0 Å². The first-order valence-corrected chi connectivity index (χ1v) is 42.6. The lowest BCUT2D eigenvalue weighted by atomic mass is 9.81. The second-order valence-corrected chi connectivity index (χ2v) is 51.9. The number of rotatable bonds is 26. The molecular formula is C58H116O7P2Si4. The van der Waals surface area contributed by atoms with Crippen molar-refractivity contribution in [3.8, 4) is 0 Å². The summed E-state index contributed by atoms with van der Waals surface area (Å²) < 4.78 is 42.5. The van der Waals surface area contributed by atoms with Gasteiger partial charge in [-0.05, 0) is 117 Å². The lowest BCUT2D eigenvalue weighted by Crippen LogP contribution is -2.55. The maximum Gasteiger partial charge on any atom is 0.311 e. The molecular weight excluding hydrogens is 983 g/mol. The lowest BCUT2D eigenvalue weighted by Gasteiger charge is -2.47. The molecule has 1 saturated heterocycles. The van der Waals surface area contributed by atoms with Crippen molar-refractivity contribution < 1.29 is 32.0 Å². The van der Waals surface area contributed by atoms with E-state index in [1.165, 1.54) is 5.57 Å². The van der Waals surface area contributed by atoms with Crippen molar-refractivity contribution in [2.24, 2.45) is 41.4 Å². The molecule has 0 spiro atoms. The van der Waals surface area contributed by atoms with E-state index in [0.29, 0.717) is 6.42 Å². The number of ether oxygens (including phenoxy) is 2. The summed E-state index contributed by atoms with van der Waals surface area (Å²) >= 11 is 0. The Balaban J connectivity index is 3.87. The van der Waals surface area contributed by atoms with Crippen LogP contribution in [0.3, 0.4) is 0 Å². The lowest BCUT2D eigenvalue weighted by molar-refractivity contribution is -0.177. The number of carbonyl (C=O) groups excluding carboxylic acids is 1. The SMILES string of the molecule is C=C/C=C\[C@H](C)[C@H](OCP(C)P)[C@@H](C)[C@H](O[Si](C)(C)C(C)(C)C)[C@@H](C)C/C(C)=C\[C@H](C)[C@@H](O[Si](C)(C)C(C)(C)C)[C@@H](C)/C=C\[C@H](C[C@@H]1OC(=O)[C@H](C)[C@@H](O[Si](C)(C)C(C)(C)C)[C@H]1C)O[Si](C)(C)C(C)(C)C. The van der Waals surface area contributed by atoms with Crippen LogP contribution in [0.15, 0.2) is 48.6 Å². The third-order valence-corrected chi connectivity index (χ3v) is 36.6. The predicted molar refractivity (Wildman–Crippen MR) is 326 cm³/mol. The van der Waals surface area contributed by atoms with Gasteiger partial charge in [-0.25, -0.2) is 0 Å². The highest BCUT2D eigenvalue weighted by Crippen LogP contribution is 2.46. The van der Waals surface area contributed by atoms with Crippen LogP contribution in [0.4, 0.5) is 0 Å². The summed E-state index contributed by atoms with van der Waals surface area (Å²) in [6.07, 6.45) is 14.7. The molecule has 1 aliphatic heterocycles. The molecule has 13 heteroatoms. The van der Waals surface area contributed by atoms with Crippen molar-refractivity contribution in [3.05, 3.63) is 48.6 Å². The van der Waals surface area contributed by atoms with Gasteiger partial charge in [0.25, 0.3) is 0 Å². The number of hydrogen-bond acceptors (Lipinski definition) is 7. The van der Waals surface area contributed by atoms with Crippen LogP contribution in [-0.2, 0) is 32.0 Å². The minimum Gasteiger partial charge on any atom is -0.462 e. The molecule has 0 amide bonds. The van der Waals surface area contributed by atoms with Gasteiger partial charge in [-0.2, -0.15) is 0 Å². The van der Waals surface area contributed by atoms with Gasteiger partial charge in [-0.1, -0.05) is 181 Å². The van der Waals surface area contributed by atoms with E-state index in [0.717, 1.165) is 12.8 Å². The Hall–Kier alpha value is -0.0425. The van der Waals surface area contributed by atoms with Gasteiger partial charge in [0, 0.05) is 24.2 Å². The minimum atomic E-state index is -2.25. The maximum absolute atomic E-state index is 13.7. The fraction of sp³-hybridized carbons (Fsp3) is 0.845. The summed E-state index contributed by atoms with van der Waals surface area (Å²) in [5.74, 6) is 0.342. The largest absolute Gasteiger partial charge is 0.462 e. The first-order valence-electron chi connectivity index (χ1n) is 27.4. The Morgan fingerprint density at radius 1 is 0.690 bits per heavy atom. The molecule has 1 aliphatic rings. The van der Waals surface area contributed by atoms with Crippen molar-refractivity contribution in [2.45, 2.75) is 260 Å². The van der Waals surface area contributed by atoms with Crippen molar-refractivity contribution in [2.75, 3.05) is 13.0 Å². The van der Waals surface area contributed by atoms with Crippen LogP contribution in [0.1, 0.15) is 151 Å². The van der Waals surface area contributed by atoms with E-state index < -0.39 is 33.3 Å². The second kappa shape index (κ2) is 27.0. The van der Waals surface area contributed by atoms with E-state index in [1.807, 2.05) is 13.0 Å². The van der Waals surface area contributed by atoms with Crippen LogP contribution < -0.4 is 0 Å². The molecule has 0 saturated carbocycles. The van der Waals surface area contributed by atoms with Gasteiger partial charge in [0.2, 0.25) is 0 Å². The van der Waals surface area contributed by atoms with Gasteiger partial charge < -0.3 is 27.2 Å². The molecule has 1 heterocycles. The Bertz CT molecular complexity index is 1750. The molecule has 0 aromatic rings. The number of cyclic esters (lactones) is 1. The average molecular weight is 1100 g/mol. The molecule has 0 bridgehead atoms. The molecule has 2 unspecified atom stereocenters. The van der Waals surface area contributed by atoms with Crippen molar-refractivity contribution in [1.82, 2.24) is 0 Å². The molecule has 1 fully saturated rings. The second-order valence-electron chi connectivity index (χ2n) is 28.5. The number of carbonyl (C=O) groups is 1. The summed E-state index contributed by atoms with van der Waals surface area (Å²) in [5.41, 5.74) is 1.36. The quantitative estimate of drug-likeness (QED) is 0.0281. The summed E-state index contributed by atoms with van der Waals surface area (Å²) in [6.45, 7) is 70.8. The molecule has 0 aromatic heterocycles. The molecule has 15 atom stereocenters. The molecule has 1 rings (SSSR count). The maximum atomic E-state index is 13.7. The van der Waals surface area contributed by atoms with E-state index in [1.54, 1.807) is 0 Å². The molecule has 0 radical (unpaired) electrons. The standard InChI is InChI=1S/C58H116O7P2Si4/c1-31-32-33-41(3)51(60-39-67(22)66)46(8)52(64-70(27,28)57(16,17)18)44(6)37-40(2)36-43(5)50(63-69(25,26)56(13,14)15)42(4)34-35-48(62-68(23,24)55(10,11)12)38-49-45(7)53(47(9)54(59)61-49)65-71(29,30)58(19,20)21/h31-36,41-53H,1,37-39,66H2,2-30H3/b33-32-,35-34-,40-36-/t41-,42-,43-,44-,45-,46+,47+,48+,49-,50-,51-,52+,53-,67?/m0/s1. The Morgan fingerprint density at radius 2 is 1.14 bits per heavy atom. The van der Waals surface area contributed by atoms with Crippen LogP contribution in [0.5, 0.6) is 0 Å². The van der Waals surface area contributed by atoms with Gasteiger partial charge in [0.1, 0.15) is 6.10 Å². The topological polar surface area (TPSA) is 72.5 Å². The summed E-state index contributed by atoms with van der Waals surface area (Å²) in [4.78, 5) is 13.7. The van der Waals surface area contributed by atoms with Gasteiger partial charge in [0.15, 0.2) is 33.3 Å². The van der Waals surface area contributed by atoms with E-state index in [4.69, 9.17) is 27.2 Å². The van der Waals surface area contributed by atoms with Gasteiger partial charge in [-0.3, -0.25) is 4.79 Å². The zero-order valence-electron chi connectivity index (χ0n) is 51.7. The number of allylic oxidation sites excluding steroid dienone is 3. The van der Waals surface area contributed by atoms with E-state index in [-0.39, 0.29) is 112 Å². The Kier molecular flexibility index (Phi) is 26.2. The minimum absolute atomic E-state index is 0.000754. The Labute approximate surface area is 448 Å². The molecule has 0 aliphatic carbocycles. The highest BCUT2D eigenvalue weighted by atomic mass is 32.0. The van der Waals surface area contributed by atoms with E-state index >= 15 is 0 Å². The van der Waals surface area contributed by atoms with Crippen LogP contribution >= 0.6 is 16.5 Å². The highest BCUT2D eigenvalue weighted by molar-refractivity contribution is 8.13. The first kappa shape index (κ1) is 69.0. The van der Waals surface area contributed by atoms with Gasteiger partial charge in [0.05, 0.1) is 42.8 Å². The predicted octanol–water partition coefficient (Wildman–Crippen LogP) is 18.2. The third-order valence-electron chi connectivity index (χ3n) is 17.7. The first-order chi connectivity index (χ1) is 31.7. The van der Waals surface area contributed by atoms with Crippen LogP contribution in [0.2, 0.25) is 72.5 Å². The Morgan fingerprint density at radius 3 is 1.59 bits per heavy atom. The van der Waals surface area contributed by atoms with E-state index in [2.05, 4.69) is 236 Å². The normalized spacial score (nSPS) is 24.3. The van der Waals surface area contributed by atoms with E-state index in [9.17, 15) is 4.79 Å². The van der Waals surface area contributed by atoms with Crippen molar-refractivity contribution >= 4 is 55.8 Å². The fourth-order valence-corrected chi connectivity index (χ4v) is 15.1. The molecule has 416 valence electrons.